The van der Waals surface area contributed by atoms with E-state index in [0.29, 0.717) is 19.4 Å². The van der Waals surface area contributed by atoms with Crippen LogP contribution in [-0.2, 0) is 10.9 Å². The van der Waals surface area contributed by atoms with Gasteiger partial charge in [-0.2, -0.15) is 13.2 Å². The van der Waals surface area contributed by atoms with Gasteiger partial charge in [-0.15, -0.1) is 0 Å². The van der Waals surface area contributed by atoms with E-state index in [4.69, 9.17) is 4.74 Å². The van der Waals surface area contributed by atoms with Crippen LogP contribution in [0.2, 0.25) is 0 Å². The summed E-state index contributed by atoms with van der Waals surface area (Å²) in [5.74, 6) is 0. The van der Waals surface area contributed by atoms with Gasteiger partial charge in [-0.05, 0) is 31.9 Å². The third-order valence-corrected chi connectivity index (χ3v) is 3.37. The summed E-state index contributed by atoms with van der Waals surface area (Å²) in [6, 6.07) is 2.99. The van der Waals surface area contributed by atoms with Gasteiger partial charge in [0.1, 0.15) is 5.56 Å². The number of alkyl halides is 3. The van der Waals surface area contributed by atoms with Gasteiger partial charge in [0.25, 0.3) is 5.69 Å². The van der Waals surface area contributed by atoms with Crippen LogP contribution < -0.4 is 5.32 Å². The second kappa shape index (κ2) is 5.88. The fourth-order valence-corrected chi connectivity index (χ4v) is 2.30. The van der Waals surface area contributed by atoms with Gasteiger partial charge in [-0.25, -0.2) is 0 Å². The van der Waals surface area contributed by atoms with Crippen molar-refractivity contribution < 1.29 is 22.8 Å². The molecule has 8 heteroatoms. The highest BCUT2D eigenvalue weighted by Crippen LogP contribution is 2.38. The molecular weight excluding hydrogens is 289 g/mol. The molecule has 0 unspecified atom stereocenters. The lowest BCUT2D eigenvalue weighted by molar-refractivity contribution is -0.388. The summed E-state index contributed by atoms with van der Waals surface area (Å²) >= 11 is 0. The van der Waals surface area contributed by atoms with Crippen molar-refractivity contribution in [1.29, 1.82) is 0 Å². The average molecular weight is 304 g/mol. The van der Waals surface area contributed by atoms with Crippen LogP contribution in [0.5, 0.6) is 0 Å². The molecule has 0 saturated heterocycles. The SMILES string of the molecule is CCOC1CC(Nc2ccc([N+](=O)[O-])c(C(F)(F)F)c2)C1. The molecule has 1 aliphatic rings. The minimum Gasteiger partial charge on any atom is -0.382 e. The third kappa shape index (κ3) is 3.63. The molecule has 0 atom stereocenters. The summed E-state index contributed by atoms with van der Waals surface area (Å²) in [4.78, 5) is 9.63. The van der Waals surface area contributed by atoms with Gasteiger partial charge in [-0.1, -0.05) is 0 Å². The number of nitro benzene ring substituents is 1. The van der Waals surface area contributed by atoms with E-state index in [1.165, 1.54) is 6.07 Å². The first-order chi connectivity index (χ1) is 9.81. The van der Waals surface area contributed by atoms with Crippen LogP contribution in [0.4, 0.5) is 24.5 Å². The number of benzene rings is 1. The number of nitrogens with one attached hydrogen (secondary N) is 1. The normalized spacial score (nSPS) is 21.7. The monoisotopic (exact) mass is 304 g/mol. The predicted molar refractivity (Wildman–Crippen MR) is 70.2 cm³/mol. The summed E-state index contributed by atoms with van der Waals surface area (Å²) in [5, 5.41) is 13.6. The number of nitrogens with zero attached hydrogens (tertiary/aromatic N) is 1. The Balaban J connectivity index is 2.10. The second-order valence-electron chi connectivity index (χ2n) is 4.88. The van der Waals surface area contributed by atoms with E-state index >= 15 is 0 Å². The first-order valence-electron chi connectivity index (χ1n) is 6.55. The molecular formula is C13H15F3N2O3. The van der Waals surface area contributed by atoms with E-state index in [1.807, 2.05) is 6.92 Å². The molecule has 0 radical (unpaired) electrons. The van der Waals surface area contributed by atoms with Crippen LogP contribution in [0, 0.1) is 10.1 Å². The third-order valence-electron chi connectivity index (χ3n) is 3.37. The molecule has 116 valence electrons. The van der Waals surface area contributed by atoms with E-state index in [1.54, 1.807) is 0 Å². The van der Waals surface area contributed by atoms with Crippen LogP contribution in [0.3, 0.4) is 0 Å². The molecule has 0 amide bonds. The quantitative estimate of drug-likeness (QED) is 0.667. The molecule has 2 rings (SSSR count). The van der Waals surface area contributed by atoms with Crippen LogP contribution in [-0.4, -0.2) is 23.7 Å². The highest BCUT2D eigenvalue weighted by molar-refractivity contribution is 5.55. The Hall–Kier alpha value is -1.83. The van der Waals surface area contributed by atoms with E-state index < -0.39 is 22.4 Å². The van der Waals surface area contributed by atoms with Gasteiger partial charge in [0.2, 0.25) is 0 Å². The maximum atomic E-state index is 12.8. The molecule has 1 saturated carbocycles. The number of anilines is 1. The molecule has 0 aromatic heterocycles. The predicted octanol–water partition coefficient (Wildman–Crippen LogP) is 3.59. The van der Waals surface area contributed by atoms with E-state index in [-0.39, 0.29) is 17.8 Å². The molecule has 1 aliphatic carbocycles. The highest BCUT2D eigenvalue weighted by atomic mass is 19.4. The van der Waals surface area contributed by atoms with Gasteiger partial charge < -0.3 is 10.1 Å². The van der Waals surface area contributed by atoms with Crippen molar-refractivity contribution >= 4 is 11.4 Å². The zero-order valence-corrected chi connectivity index (χ0v) is 11.3. The van der Waals surface area contributed by atoms with E-state index in [2.05, 4.69) is 5.32 Å². The van der Waals surface area contributed by atoms with Crippen molar-refractivity contribution in [3.63, 3.8) is 0 Å². The first kappa shape index (κ1) is 15.6. The molecule has 0 bridgehead atoms. The lowest BCUT2D eigenvalue weighted by atomic mass is 9.89. The number of ether oxygens (including phenoxy) is 1. The van der Waals surface area contributed by atoms with Gasteiger partial charge in [0.15, 0.2) is 0 Å². The molecule has 1 aromatic carbocycles. The number of hydrogen-bond donors (Lipinski definition) is 1. The maximum Gasteiger partial charge on any atom is 0.423 e. The average Bonchev–Trinajstić information content (AvgIpc) is 2.35. The van der Waals surface area contributed by atoms with Crippen LogP contribution >= 0.6 is 0 Å². The summed E-state index contributed by atoms with van der Waals surface area (Å²) < 4.78 is 43.9. The maximum absolute atomic E-state index is 12.8. The van der Waals surface area contributed by atoms with Crippen molar-refractivity contribution in [2.75, 3.05) is 11.9 Å². The van der Waals surface area contributed by atoms with Crippen molar-refractivity contribution in [3.05, 3.63) is 33.9 Å². The Bertz CT molecular complexity index is 528. The number of rotatable bonds is 5. The Morgan fingerprint density at radius 1 is 1.43 bits per heavy atom. The molecule has 1 aromatic rings. The number of nitro groups is 1. The lowest BCUT2D eigenvalue weighted by Crippen LogP contribution is -2.40. The smallest absolute Gasteiger partial charge is 0.382 e. The van der Waals surface area contributed by atoms with Crippen LogP contribution in [0.15, 0.2) is 18.2 Å². The zero-order valence-electron chi connectivity index (χ0n) is 11.3. The molecule has 5 nitrogen and oxygen atoms in total. The summed E-state index contributed by atoms with van der Waals surface area (Å²) in [6.07, 6.45) is -3.20. The fraction of sp³-hybridized carbons (Fsp3) is 0.538. The molecule has 1 N–H and O–H groups in total. The summed E-state index contributed by atoms with van der Waals surface area (Å²) in [6.45, 7) is 2.49. The van der Waals surface area contributed by atoms with Gasteiger partial charge in [-0.3, -0.25) is 10.1 Å². The van der Waals surface area contributed by atoms with Gasteiger partial charge >= 0.3 is 6.18 Å². The minimum absolute atomic E-state index is 0.0316. The molecule has 0 heterocycles. The molecule has 0 aliphatic heterocycles. The highest BCUT2D eigenvalue weighted by Gasteiger charge is 2.39. The van der Waals surface area contributed by atoms with Crippen LogP contribution in [0.1, 0.15) is 25.3 Å². The van der Waals surface area contributed by atoms with E-state index in [9.17, 15) is 23.3 Å². The first-order valence-corrected chi connectivity index (χ1v) is 6.55. The number of hydrogen-bond acceptors (Lipinski definition) is 4. The topological polar surface area (TPSA) is 64.4 Å². The Morgan fingerprint density at radius 3 is 2.62 bits per heavy atom. The van der Waals surface area contributed by atoms with Crippen LogP contribution in [0.25, 0.3) is 0 Å². The van der Waals surface area contributed by atoms with Gasteiger partial charge in [0, 0.05) is 24.4 Å². The van der Waals surface area contributed by atoms with Crippen molar-refractivity contribution in [2.24, 2.45) is 0 Å². The lowest BCUT2D eigenvalue weighted by Gasteiger charge is -2.36. The summed E-state index contributed by atoms with van der Waals surface area (Å²) in [5.41, 5.74) is -1.94. The molecule has 1 fully saturated rings. The minimum atomic E-state index is -4.76. The van der Waals surface area contributed by atoms with Crippen molar-refractivity contribution in [1.82, 2.24) is 0 Å². The van der Waals surface area contributed by atoms with Gasteiger partial charge in [0.05, 0.1) is 11.0 Å². The Kier molecular flexibility index (Phi) is 4.36. The zero-order chi connectivity index (χ0) is 15.6. The fourth-order valence-electron chi connectivity index (χ4n) is 2.30. The number of halogens is 3. The molecule has 0 spiro atoms. The molecule has 21 heavy (non-hydrogen) atoms. The van der Waals surface area contributed by atoms with E-state index in [0.717, 1.165) is 12.1 Å². The van der Waals surface area contributed by atoms with Crippen molar-refractivity contribution in [3.8, 4) is 0 Å². The second-order valence-corrected chi connectivity index (χ2v) is 4.88. The summed E-state index contributed by atoms with van der Waals surface area (Å²) in [7, 11) is 0. The van der Waals surface area contributed by atoms with Crippen molar-refractivity contribution in [2.45, 2.75) is 38.1 Å². The standard InChI is InChI=1S/C13H15F3N2O3/c1-2-21-10-5-9(6-10)17-8-3-4-12(18(19)20)11(7-8)13(14,15)16/h3-4,7,9-10,17H,2,5-6H2,1H3. The largest absolute Gasteiger partial charge is 0.423 e. The Labute approximate surface area is 119 Å². The Morgan fingerprint density at radius 2 is 2.10 bits per heavy atom.